The lowest BCUT2D eigenvalue weighted by molar-refractivity contribution is -0.188. The Labute approximate surface area is 152 Å². The van der Waals surface area contributed by atoms with E-state index in [-0.39, 0.29) is 34.2 Å². The number of aliphatic hydroxyl groups excluding tert-OH is 1. The predicted octanol–water partition coefficient (Wildman–Crippen LogP) is 4.65. The zero-order valence-electron chi connectivity index (χ0n) is 16.5. The van der Waals surface area contributed by atoms with Crippen LogP contribution < -0.4 is 0 Å². The molecule has 2 saturated carbocycles. The number of rotatable bonds is 2. The van der Waals surface area contributed by atoms with Crippen molar-refractivity contribution in [3.8, 4) is 0 Å². The molecule has 0 radical (unpaired) electrons. The molecule has 0 aliphatic heterocycles. The Kier molecular flexibility index (Phi) is 4.47. The Balaban J connectivity index is 2.08. The third-order valence-electron chi connectivity index (χ3n) is 7.68. The topological polar surface area (TPSA) is 46.5 Å². The van der Waals surface area contributed by atoms with Gasteiger partial charge in [0.15, 0.2) is 0 Å². The Hall–Kier alpha value is -1.09. The molecule has 0 spiro atoms. The van der Waals surface area contributed by atoms with E-state index in [0.717, 1.165) is 37.7 Å². The molecular formula is C22H34O3. The molecule has 0 aromatic heterocycles. The number of fused-ring (bicyclic) bond motifs is 3. The van der Waals surface area contributed by atoms with Crippen molar-refractivity contribution < 1.29 is 14.6 Å². The molecule has 2 fully saturated rings. The molecule has 0 aromatic carbocycles. The molecule has 3 heteroatoms. The van der Waals surface area contributed by atoms with Crippen molar-refractivity contribution in [1.29, 1.82) is 0 Å². The van der Waals surface area contributed by atoms with Crippen LogP contribution in [-0.4, -0.2) is 23.3 Å². The third kappa shape index (κ3) is 2.89. The van der Waals surface area contributed by atoms with E-state index in [2.05, 4.69) is 40.3 Å². The van der Waals surface area contributed by atoms with Crippen LogP contribution in [-0.2, 0) is 9.53 Å². The molecule has 0 bridgehead atoms. The van der Waals surface area contributed by atoms with Crippen LogP contribution in [0.3, 0.4) is 0 Å². The first kappa shape index (κ1) is 18.7. The van der Waals surface area contributed by atoms with E-state index in [1.165, 1.54) is 6.92 Å². The number of carbonyl (C=O) groups excluding carboxylic acids is 1. The maximum Gasteiger partial charge on any atom is 0.302 e. The lowest BCUT2D eigenvalue weighted by Gasteiger charge is -2.62. The maximum absolute atomic E-state index is 11.8. The Morgan fingerprint density at radius 1 is 1.28 bits per heavy atom. The minimum Gasteiger partial charge on any atom is -0.462 e. The van der Waals surface area contributed by atoms with Gasteiger partial charge in [0.25, 0.3) is 0 Å². The van der Waals surface area contributed by atoms with Gasteiger partial charge < -0.3 is 9.84 Å². The molecule has 0 saturated heterocycles. The van der Waals surface area contributed by atoms with Gasteiger partial charge in [-0.3, -0.25) is 4.79 Å². The monoisotopic (exact) mass is 346 g/mol. The minimum absolute atomic E-state index is 0.0445. The van der Waals surface area contributed by atoms with Crippen LogP contribution in [0.4, 0.5) is 0 Å². The summed E-state index contributed by atoms with van der Waals surface area (Å²) in [6, 6.07) is 0. The summed E-state index contributed by atoms with van der Waals surface area (Å²) in [6.45, 7) is 14.7. The van der Waals surface area contributed by atoms with Crippen LogP contribution in [0.25, 0.3) is 0 Å². The molecule has 140 valence electrons. The number of esters is 1. The summed E-state index contributed by atoms with van der Waals surface area (Å²) in [4.78, 5) is 11.8. The quantitative estimate of drug-likeness (QED) is 0.584. The summed E-state index contributed by atoms with van der Waals surface area (Å²) < 4.78 is 5.85. The number of allylic oxidation sites excluding steroid dienone is 2. The molecule has 3 nitrogen and oxygen atoms in total. The number of hydrogen-bond acceptors (Lipinski definition) is 3. The minimum atomic E-state index is -0.391. The molecule has 0 aromatic rings. The van der Waals surface area contributed by atoms with Gasteiger partial charge in [-0.1, -0.05) is 39.8 Å². The van der Waals surface area contributed by atoms with Crippen LogP contribution in [0.1, 0.15) is 66.7 Å². The second-order valence-corrected chi connectivity index (χ2v) is 9.74. The molecule has 6 atom stereocenters. The van der Waals surface area contributed by atoms with Crippen molar-refractivity contribution in [2.75, 3.05) is 0 Å². The van der Waals surface area contributed by atoms with E-state index in [1.807, 2.05) is 6.08 Å². The maximum atomic E-state index is 11.8. The highest BCUT2D eigenvalue weighted by atomic mass is 16.5. The predicted molar refractivity (Wildman–Crippen MR) is 99.9 cm³/mol. The van der Waals surface area contributed by atoms with E-state index in [4.69, 9.17) is 4.74 Å². The fourth-order valence-corrected chi connectivity index (χ4v) is 6.18. The first-order valence-corrected chi connectivity index (χ1v) is 9.75. The summed E-state index contributed by atoms with van der Waals surface area (Å²) in [5.74, 6) is 0.439. The van der Waals surface area contributed by atoms with Crippen LogP contribution in [0.2, 0.25) is 0 Å². The molecular weight excluding hydrogens is 312 g/mol. The van der Waals surface area contributed by atoms with E-state index in [9.17, 15) is 9.90 Å². The fourth-order valence-electron chi connectivity index (χ4n) is 6.18. The number of carbonyl (C=O) groups is 1. The van der Waals surface area contributed by atoms with Crippen LogP contribution in [0.15, 0.2) is 24.3 Å². The number of ether oxygens (including phenoxy) is 1. The standard InChI is InChI=1S/C22H34O3/c1-7-21(5)11-8-16-15(13-21)17(24)12-18-20(3,4)10-9-19(22(16,18)6)25-14(2)23/h7,13,16-19,24H,1,8-12H2,2-6H3. The summed E-state index contributed by atoms with van der Waals surface area (Å²) in [6.07, 6.45) is 8.58. The van der Waals surface area contributed by atoms with Gasteiger partial charge in [0, 0.05) is 17.8 Å². The van der Waals surface area contributed by atoms with E-state index >= 15 is 0 Å². The van der Waals surface area contributed by atoms with Gasteiger partial charge in [-0.2, -0.15) is 0 Å². The molecule has 3 aliphatic carbocycles. The van der Waals surface area contributed by atoms with Gasteiger partial charge in [-0.15, -0.1) is 6.58 Å². The molecule has 1 N–H and O–H groups in total. The van der Waals surface area contributed by atoms with Gasteiger partial charge in [0.2, 0.25) is 0 Å². The Morgan fingerprint density at radius 3 is 2.56 bits per heavy atom. The second-order valence-electron chi connectivity index (χ2n) is 9.74. The van der Waals surface area contributed by atoms with E-state index < -0.39 is 6.10 Å². The van der Waals surface area contributed by atoms with Gasteiger partial charge in [0.05, 0.1) is 6.10 Å². The van der Waals surface area contributed by atoms with Crippen LogP contribution in [0.5, 0.6) is 0 Å². The van der Waals surface area contributed by atoms with Crippen molar-refractivity contribution in [2.45, 2.75) is 78.9 Å². The van der Waals surface area contributed by atoms with Gasteiger partial charge >= 0.3 is 5.97 Å². The van der Waals surface area contributed by atoms with Crippen molar-refractivity contribution >= 4 is 5.97 Å². The molecule has 0 amide bonds. The number of hydrogen-bond donors (Lipinski definition) is 1. The average Bonchev–Trinajstić information content (AvgIpc) is 2.53. The number of aliphatic hydroxyl groups is 1. The third-order valence-corrected chi connectivity index (χ3v) is 7.68. The van der Waals surface area contributed by atoms with Crippen LogP contribution >= 0.6 is 0 Å². The zero-order chi connectivity index (χ0) is 18.6. The van der Waals surface area contributed by atoms with Gasteiger partial charge in [-0.05, 0) is 54.9 Å². The summed E-state index contributed by atoms with van der Waals surface area (Å²) in [5, 5.41) is 11.0. The first-order valence-electron chi connectivity index (χ1n) is 9.75. The van der Waals surface area contributed by atoms with Crippen LogP contribution in [0, 0.1) is 28.1 Å². The Bertz CT molecular complexity index is 604. The van der Waals surface area contributed by atoms with Crippen molar-refractivity contribution in [3.05, 3.63) is 24.3 Å². The second kappa shape index (κ2) is 5.97. The van der Waals surface area contributed by atoms with Gasteiger partial charge in [-0.25, -0.2) is 0 Å². The summed E-state index contributed by atoms with van der Waals surface area (Å²) >= 11 is 0. The smallest absolute Gasteiger partial charge is 0.302 e. The summed E-state index contributed by atoms with van der Waals surface area (Å²) in [5.41, 5.74) is 1.15. The normalized spacial score (nSPS) is 45.6. The highest BCUT2D eigenvalue weighted by Gasteiger charge is 2.61. The van der Waals surface area contributed by atoms with E-state index in [1.54, 1.807) is 0 Å². The van der Waals surface area contributed by atoms with Crippen molar-refractivity contribution in [3.63, 3.8) is 0 Å². The first-order chi connectivity index (χ1) is 11.5. The van der Waals surface area contributed by atoms with Crippen molar-refractivity contribution in [2.24, 2.45) is 28.1 Å². The highest BCUT2D eigenvalue weighted by molar-refractivity contribution is 5.66. The summed E-state index contributed by atoms with van der Waals surface area (Å²) in [7, 11) is 0. The molecule has 3 rings (SSSR count). The van der Waals surface area contributed by atoms with E-state index in [0.29, 0.717) is 5.92 Å². The molecule has 25 heavy (non-hydrogen) atoms. The molecule has 3 aliphatic rings. The average molecular weight is 347 g/mol. The van der Waals surface area contributed by atoms with Crippen molar-refractivity contribution in [1.82, 2.24) is 0 Å². The van der Waals surface area contributed by atoms with Gasteiger partial charge in [0.1, 0.15) is 6.10 Å². The largest absolute Gasteiger partial charge is 0.462 e. The Morgan fingerprint density at radius 2 is 1.96 bits per heavy atom. The molecule has 6 unspecified atom stereocenters. The fraction of sp³-hybridized carbons (Fsp3) is 0.773. The zero-order valence-corrected chi connectivity index (χ0v) is 16.5. The SMILES string of the molecule is C=CC1(C)C=C2C(O)CC3C(C)(C)CCC(OC(C)=O)C3(C)C2CC1. The lowest BCUT2D eigenvalue weighted by atomic mass is 9.44. The lowest BCUT2D eigenvalue weighted by Crippen LogP contribution is -2.60. The highest BCUT2D eigenvalue weighted by Crippen LogP contribution is 2.64. The molecule has 0 heterocycles.